The number of carbonyl (C=O) groups excluding carboxylic acids is 3. The molecule has 3 aromatic rings. The Morgan fingerprint density at radius 2 is 1.86 bits per heavy atom. The summed E-state index contributed by atoms with van der Waals surface area (Å²) in [6.45, 7) is 0.763. The smallest absolute Gasteiger partial charge is 0.247 e. The Hall–Kier alpha value is -3.82. The van der Waals surface area contributed by atoms with Crippen molar-refractivity contribution in [2.24, 2.45) is 5.73 Å². The van der Waals surface area contributed by atoms with Crippen molar-refractivity contribution in [1.82, 2.24) is 20.9 Å². The number of benzene rings is 2. The lowest BCUT2D eigenvalue weighted by atomic mass is 10.0. The number of hydrogen-bond donors (Lipinski definition) is 5. The topological polar surface area (TPSA) is 138 Å². The standard InChI is InChI=1S/C27H32N6O3/c28-13-12-25(34)31-21-15-24(30-17-21)27(36)33-23(11-10-18-6-2-1-3-7-18)26(35)32-20-14-19-8-4-5-9-22(19)29-16-20/h1-9,14,16,21,23-24,30H,10-13,15,17,28H2,(H,31,34)(H,32,35)(H,33,36)/t21-,23-,24+/m1/s1. The number of aryl methyl sites for hydroxylation is 1. The van der Waals surface area contributed by atoms with Crippen molar-refractivity contribution < 1.29 is 14.4 Å². The minimum absolute atomic E-state index is 0.130. The first-order valence-electron chi connectivity index (χ1n) is 12.2. The number of para-hydroxylation sites is 1. The Kier molecular flexibility index (Phi) is 8.59. The molecule has 0 unspecified atom stereocenters. The fourth-order valence-electron chi connectivity index (χ4n) is 4.34. The van der Waals surface area contributed by atoms with Crippen molar-refractivity contribution in [3.63, 3.8) is 0 Å². The summed E-state index contributed by atoms with van der Waals surface area (Å²) in [7, 11) is 0. The van der Waals surface area contributed by atoms with Gasteiger partial charge in [0.05, 0.1) is 23.4 Å². The van der Waals surface area contributed by atoms with Crippen LogP contribution in [-0.2, 0) is 20.8 Å². The zero-order chi connectivity index (χ0) is 25.3. The Labute approximate surface area is 210 Å². The third kappa shape index (κ3) is 6.87. The Balaban J connectivity index is 1.41. The summed E-state index contributed by atoms with van der Waals surface area (Å²) in [6, 6.07) is 18.0. The van der Waals surface area contributed by atoms with Gasteiger partial charge in [0.1, 0.15) is 6.04 Å². The molecule has 1 aliphatic rings. The number of nitrogens with two attached hydrogens (primary N) is 1. The summed E-state index contributed by atoms with van der Waals surface area (Å²) in [6.07, 6.45) is 3.38. The second kappa shape index (κ2) is 12.2. The van der Waals surface area contributed by atoms with Gasteiger partial charge in [0.15, 0.2) is 0 Å². The third-order valence-electron chi connectivity index (χ3n) is 6.24. The molecule has 1 aliphatic heterocycles. The molecule has 2 aromatic carbocycles. The first-order chi connectivity index (χ1) is 17.5. The molecule has 3 amide bonds. The molecule has 3 atom stereocenters. The molecule has 0 aliphatic carbocycles. The summed E-state index contributed by atoms with van der Waals surface area (Å²) in [5, 5.41) is 12.8. The van der Waals surface area contributed by atoms with E-state index in [-0.39, 0.29) is 36.7 Å². The summed E-state index contributed by atoms with van der Waals surface area (Å²) in [5.41, 5.74) is 7.92. The number of fused-ring (bicyclic) bond motifs is 1. The molecule has 0 radical (unpaired) electrons. The van der Waals surface area contributed by atoms with Crippen LogP contribution in [0.15, 0.2) is 66.9 Å². The van der Waals surface area contributed by atoms with Gasteiger partial charge in [-0.3, -0.25) is 19.4 Å². The molecular formula is C27H32N6O3. The highest BCUT2D eigenvalue weighted by Crippen LogP contribution is 2.17. The van der Waals surface area contributed by atoms with Crippen molar-refractivity contribution in [1.29, 1.82) is 0 Å². The SMILES string of the molecule is NCCC(=O)N[C@H]1CN[C@H](C(=O)N[C@H](CCc2ccccc2)C(=O)Nc2cnc3ccccc3c2)C1. The van der Waals surface area contributed by atoms with Crippen LogP contribution in [0.4, 0.5) is 5.69 Å². The van der Waals surface area contributed by atoms with Crippen LogP contribution >= 0.6 is 0 Å². The Bertz CT molecular complexity index is 1200. The maximum absolute atomic E-state index is 13.3. The van der Waals surface area contributed by atoms with E-state index >= 15 is 0 Å². The lowest BCUT2D eigenvalue weighted by molar-refractivity contribution is -0.127. The zero-order valence-electron chi connectivity index (χ0n) is 20.1. The molecule has 2 heterocycles. The van der Waals surface area contributed by atoms with Gasteiger partial charge in [0, 0.05) is 30.9 Å². The van der Waals surface area contributed by atoms with E-state index < -0.39 is 12.1 Å². The highest BCUT2D eigenvalue weighted by molar-refractivity contribution is 5.99. The van der Waals surface area contributed by atoms with Gasteiger partial charge in [-0.25, -0.2) is 0 Å². The number of hydrogen-bond acceptors (Lipinski definition) is 6. The molecule has 0 bridgehead atoms. The zero-order valence-corrected chi connectivity index (χ0v) is 20.1. The number of anilines is 1. The maximum atomic E-state index is 13.3. The molecule has 9 heteroatoms. The lowest BCUT2D eigenvalue weighted by Crippen LogP contribution is -2.50. The van der Waals surface area contributed by atoms with Crippen LogP contribution in [0.25, 0.3) is 10.9 Å². The maximum Gasteiger partial charge on any atom is 0.247 e. The first-order valence-corrected chi connectivity index (χ1v) is 12.2. The van der Waals surface area contributed by atoms with E-state index in [1.165, 1.54) is 0 Å². The lowest BCUT2D eigenvalue weighted by Gasteiger charge is -2.21. The van der Waals surface area contributed by atoms with Crippen LogP contribution in [0.3, 0.4) is 0 Å². The quantitative estimate of drug-likeness (QED) is 0.293. The van der Waals surface area contributed by atoms with Gasteiger partial charge in [0.2, 0.25) is 17.7 Å². The van der Waals surface area contributed by atoms with E-state index in [1.54, 1.807) is 6.20 Å². The Morgan fingerprint density at radius 3 is 2.67 bits per heavy atom. The molecule has 36 heavy (non-hydrogen) atoms. The second-order valence-electron chi connectivity index (χ2n) is 8.99. The number of amides is 3. The second-order valence-corrected chi connectivity index (χ2v) is 8.99. The summed E-state index contributed by atoms with van der Waals surface area (Å²) in [4.78, 5) is 42.6. The first kappa shape index (κ1) is 25.3. The van der Waals surface area contributed by atoms with Crippen molar-refractivity contribution >= 4 is 34.3 Å². The van der Waals surface area contributed by atoms with Crippen LogP contribution in [0, 0.1) is 0 Å². The fraction of sp³-hybridized carbons (Fsp3) is 0.333. The van der Waals surface area contributed by atoms with Crippen molar-refractivity contribution in [3.8, 4) is 0 Å². The average Bonchev–Trinajstić information content (AvgIpc) is 3.35. The molecule has 1 saturated heterocycles. The van der Waals surface area contributed by atoms with Crippen molar-refractivity contribution in [2.75, 3.05) is 18.4 Å². The predicted molar refractivity (Wildman–Crippen MR) is 139 cm³/mol. The molecule has 1 fully saturated rings. The highest BCUT2D eigenvalue weighted by atomic mass is 16.2. The van der Waals surface area contributed by atoms with Gasteiger partial charge in [-0.1, -0.05) is 48.5 Å². The van der Waals surface area contributed by atoms with Gasteiger partial charge in [-0.05, 0) is 37.0 Å². The number of nitrogens with one attached hydrogen (secondary N) is 4. The molecule has 188 valence electrons. The number of pyridine rings is 1. The number of aromatic nitrogens is 1. The van der Waals surface area contributed by atoms with Gasteiger partial charge in [-0.15, -0.1) is 0 Å². The molecule has 9 nitrogen and oxygen atoms in total. The van der Waals surface area contributed by atoms with Gasteiger partial charge < -0.3 is 27.0 Å². The number of carbonyl (C=O) groups is 3. The van der Waals surface area contributed by atoms with Gasteiger partial charge in [0.25, 0.3) is 0 Å². The van der Waals surface area contributed by atoms with Gasteiger partial charge >= 0.3 is 0 Å². The van der Waals surface area contributed by atoms with E-state index in [0.717, 1.165) is 16.5 Å². The van der Waals surface area contributed by atoms with Crippen LogP contribution in [0.1, 0.15) is 24.8 Å². The molecule has 6 N–H and O–H groups in total. The third-order valence-corrected chi connectivity index (χ3v) is 6.24. The number of rotatable bonds is 10. The summed E-state index contributed by atoms with van der Waals surface area (Å²) in [5.74, 6) is -0.702. The van der Waals surface area contributed by atoms with E-state index in [4.69, 9.17) is 5.73 Å². The number of nitrogens with zero attached hydrogens (tertiary/aromatic N) is 1. The van der Waals surface area contributed by atoms with E-state index in [1.807, 2.05) is 60.7 Å². The van der Waals surface area contributed by atoms with Crippen molar-refractivity contribution in [2.45, 2.75) is 43.8 Å². The molecule has 1 aromatic heterocycles. The minimum Gasteiger partial charge on any atom is -0.352 e. The fourth-order valence-corrected chi connectivity index (χ4v) is 4.34. The highest BCUT2D eigenvalue weighted by Gasteiger charge is 2.32. The molecule has 0 saturated carbocycles. The predicted octanol–water partition coefficient (Wildman–Crippen LogP) is 1.49. The normalized spacial score (nSPS) is 17.9. The minimum atomic E-state index is -0.739. The monoisotopic (exact) mass is 488 g/mol. The summed E-state index contributed by atoms with van der Waals surface area (Å²) < 4.78 is 0. The van der Waals surface area contributed by atoms with E-state index in [0.29, 0.717) is 31.5 Å². The van der Waals surface area contributed by atoms with Gasteiger partial charge in [-0.2, -0.15) is 0 Å². The van der Waals surface area contributed by atoms with Crippen LogP contribution in [0.2, 0.25) is 0 Å². The van der Waals surface area contributed by atoms with Crippen LogP contribution in [-0.4, -0.2) is 53.9 Å². The molecule has 4 rings (SSSR count). The molecule has 0 spiro atoms. The van der Waals surface area contributed by atoms with Crippen molar-refractivity contribution in [3.05, 3.63) is 72.4 Å². The summed E-state index contributed by atoms with van der Waals surface area (Å²) >= 11 is 0. The largest absolute Gasteiger partial charge is 0.352 e. The van der Waals surface area contributed by atoms with Crippen LogP contribution in [0.5, 0.6) is 0 Å². The molecular weight excluding hydrogens is 456 g/mol. The van der Waals surface area contributed by atoms with Crippen LogP contribution < -0.4 is 27.0 Å². The average molecular weight is 489 g/mol. The van der Waals surface area contributed by atoms with E-state index in [9.17, 15) is 14.4 Å². The van der Waals surface area contributed by atoms with E-state index in [2.05, 4.69) is 26.3 Å². The Morgan fingerprint density at radius 1 is 1.08 bits per heavy atom.